The van der Waals surface area contributed by atoms with E-state index in [1.807, 2.05) is 0 Å². The maximum Gasteiger partial charge on any atom is 0.434 e. The van der Waals surface area contributed by atoms with E-state index in [9.17, 15) is 22.8 Å². The second-order valence-electron chi connectivity index (χ2n) is 5.97. The molecular formula is C15H16ClF3N4O4. The van der Waals surface area contributed by atoms with Crippen molar-refractivity contribution in [3.63, 3.8) is 0 Å². The largest absolute Gasteiger partial charge is 0.478 e. The van der Waals surface area contributed by atoms with Gasteiger partial charge in [-0.1, -0.05) is 11.6 Å². The number of nitrogens with zero attached hydrogens (tertiary/aromatic N) is 2. The molecule has 1 aromatic rings. The lowest BCUT2D eigenvalue weighted by atomic mass is 10.1. The van der Waals surface area contributed by atoms with Crippen LogP contribution in [0.15, 0.2) is 28.9 Å². The molecular weight excluding hydrogens is 393 g/mol. The normalized spacial score (nSPS) is 13.3. The van der Waals surface area contributed by atoms with Crippen molar-refractivity contribution < 1.29 is 32.6 Å². The summed E-state index contributed by atoms with van der Waals surface area (Å²) in [7, 11) is 0. The topological polar surface area (TPSA) is 127 Å². The SMILES string of the molecule is CC(C)(C)OC(=O)Nc1nc(N=C(C(=CN)C(=O)O)C(F)(F)F)ccc1Cl. The van der Waals surface area contributed by atoms with E-state index in [2.05, 4.69) is 15.3 Å². The van der Waals surface area contributed by atoms with Gasteiger partial charge in [-0.2, -0.15) is 13.2 Å². The molecule has 0 spiro atoms. The summed E-state index contributed by atoms with van der Waals surface area (Å²) in [4.78, 5) is 29.6. The molecule has 0 saturated carbocycles. The van der Waals surface area contributed by atoms with Crippen LogP contribution in [0, 0.1) is 0 Å². The predicted molar refractivity (Wildman–Crippen MR) is 92.2 cm³/mol. The maximum absolute atomic E-state index is 13.1. The molecule has 1 aromatic heterocycles. The molecule has 0 unspecified atom stereocenters. The lowest BCUT2D eigenvalue weighted by molar-refractivity contribution is -0.132. The number of alkyl halides is 3. The van der Waals surface area contributed by atoms with E-state index < -0.39 is 40.9 Å². The van der Waals surface area contributed by atoms with E-state index in [0.29, 0.717) is 0 Å². The van der Waals surface area contributed by atoms with Gasteiger partial charge in [0, 0.05) is 6.20 Å². The first-order chi connectivity index (χ1) is 12.2. The number of ether oxygens (including phenoxy) is 1. The Kier molecular flexibility index (Phi) is 6.79. The molecule has 0 aliphatic heterocycles. The van der Waals surface area contributed by atoms with Crippen LogP contribution in [0.2, 0.25) is 5.02 Å². The molecule has 0 radical (unpaired) electrons. The van der Waals surface area contributed by atoms with Crippen molar-refractivity contribution in [2.75, 3.05) is 5.32 Å². The van der Waals surface area contributed by atoms with Gasteiger partial charge < -0.3 is 15.6 Å². The van der Waals surface area contributed by atoms with Crippen LogP contribution in [-0.2, 0) is 9.53 Å². The second-order valence-corrected chi connectivity index (χ2v) is 6.38. The maximum atomic E-state index is 13.1. The van der Waals surface area contributed by atoms with Crippen molar-refractivity contribution >= 4 is 41.0 Å². The molecule has 4 N–H and O–H groups in total. The molecule has 148 valence electrons. The first kappa shape index (κ1) is 22.2. The zero-order valence-corrected chi connectivity index (χ0v) is 15.1. The summed E-state index contributed by atoms with van der Waals surface area (Å²) in [6.45, 7) is 4.81. The monoisotopic (exact) mass is 408 g/mol. The lowest BCUT2D eigenvalue weighted by Gasteiger charge is -2.19. The fraction of sp³-hybridized carbons (Fsp3) is 0.333. The second kappa shape index (κ2) is 8.25. The number of halogens is 4. The number of carbonyl (C=O) groups is 2. The standard InChI is InChI=1S/C15H16ClF3N4O4/c1-14(2,3)27-13(26)23-11-8(16)4-5-9(22-11)21-10(15(17,18)19)7(6-20)12(24)25/h4-6H,20H2,1-3H3,(H,24,25)(H,22,23,26). The number of nitrogens with one attached hydrogen (secondary N) is 1. The van der Waals surface area contributed by atoms with Gasteiger partial charge in [-0.15, -0.1) is 0 Å². The average Bonchev–Trinajstić information content (AvgIpc) is 2.47. The molecule has 0 bridgehead atoms. The first-order valence-electron chi connectivity index (χ1n) is 7.22. The Balaban J connectivity index is 3.32. The van der Waals surface area contributed by atoms with Gasteiger partial charge in [0.2, 0.25) is 0 Å². The number of pyridine rings is 1. The highest BCUT2D eigenvalue weighted by atomic mass is 35.5. The molecule has 1 rings (SSSR count). The van der Waals surface area contributed by atoms with Crippen molar-refractivity contribution in [3.05, 3.63) is 28.9 Å². The molecule has 0 aromatic carbocycles. The van der Waals surface area contributed by atoms with Crippen LogP contribution in [0.5, 0.6) is 0 Å². The quantitative estimate of drug-likeness (QED) is 0.515. The lowest BCUT2D eigenvalue weighted by Crippen LogP contribution is -2.29. The number of hydrogen-bond acceptors (Lipinski definition) is 6. The van der Waals surface area contributed by atoms with Crippen molar-refractivity contribution in [1.82, 2.24) is 4.98 Å². The highest BCUT2D eigenvalue weighted by molar-refractivity contribution is 6.33. The van der Waals surface area contributed by atoms with Crippen LogP contribution in [0.4, 0.5) is 29.6 Å². The third-order valence-corrected chi connectivity index (χ3v) is 2.90. The summed E-state index contributed by atoms with van der Waals surface area (Å²) in [5, 5.41) is 10.9. The zero-order chi connectivity index (χ0) is 21.0. The van der Waals surface area contributed by atoms with Crippen molar-refractivity contribution in [2.24, 2.45) is 10.7 Å². The number of carbonyl (C=O) groups excluding carboxylic acids is 1. The number of carboxylic acids is 1. The summed E-state index contributed by atoms with van der Waals surface area (Å²) in [5.74, 6) is -2.80. The predicted octanol–water partition coefficient (Wildman–Crippen LogP) is 3.64. The van der Waals surface area contributed by atoms with Crippen LogP contribution in [0.3, 0.4) is 0 Å². The molecule has 8 nitrogen and oxygen atoms in total. The third kappa shape index (κ3) is 6.77. The minimum absolute atomic E-state index is 0.0961. The Labute approximate surface area is 156 Å². The van der Waals surface area contributed by atoms with Gasteiger partial charge in [-0.25, -0.2) is 19.6 Å². The Morgan fingerprint density at radius 2 is 1.93 bits per heavy atom. The number of anilines is 1. The molecule has 0 aliphatic rings. The van der Waals surface area contributed by atoms with Gasteiger partial charge in [-0.3, -0.25) is 5.32 Å². The van der Waals surface area contributed by atoms with Crippen molar-refractivity contribution in [1.29, 1.82) is 0 Å². The van der Waals surface area contributed by atoms with Gasteiger partial charge >= 0.3 is 18.2 Å². The summed E-state index contributed by atoms with van der Waals surface area (Å²) in [6, 6.07) is 2.13. The van der Waals surface area contributed by atoms with Crippen molar-refractivity contribution in [2.45, 2.75) is 32.5 Å². The van der Waals surface area contributed by atoms with Crippen molar-refractivity contribution in [3.8, 4) is 0 Å². The van der Waals surface area contributed by atoms with Crippen LogP contribution in [0.25, 0.3) is 0 Å². The number of carboxylic acid groups (broad SMARTS) is 1. The molecule has 1 amide bonds. The number of nitrogens with two attached hydrogens (primary N) is 1. The molecule has 0 saturated heterocycles. The van der Waals surface area contributed by atoms with Crippen LogP contribution in [-0.4, -0.2) is 39.6 Å². The smallest absolute Gasteiger partial charge is 0.434 e. The first-order valence-corrected chi connectivity index (χ1v) is 7.60. The molecule has 27 heavy (non-hydrogen) atoms. The number of aromatic nitrogens is 1. The molecule has 0 fully saturated rings. The zero-order valence-electron chi connectivity index (χ0n) is 14.4. The van der Waals surface area contributed by atoms with Gasteiger partial charge in [0.05, 0.1) is 5.02 Å². The van der Waals surface area contributed by atoms with E-state index in [1.165, 1.54) is 0 Å². The number of amides is 1. The Morgan fingerprint density at radius 3 is 2.37 bits per heavy atom. The van der Waals surface area contributed by atoms with Crippen LogP contribution < -0.4 is 11.1 Å². The van der Waals surface area contributed by atoms with Crippen LogP contribution in [0.1, 0.15) is 20.8 Å². The van der Waals surface area contributed by atoms with Gasteiger partial charge in [0.15, 0.2) is 17.3 Å². The number of rotatable bonds is 4. The summed E-state index contributed by atoms with van der Waals surface area (Å²) < 4.78 is 44.4. The fourth-order valence-electron chi connectivity index (χ4n) is 1.62. The van der Waals surface area contributed by atoms with Gasteiger partial charge in [0.25, 0.3) is 0 Å². The molecule has 12 heteroatoms. The third-order valence-electron chi connectivity index (χ3n) is 2.60. The van der Waals surface area contributed by atoms with E-state index in [1.54, 1.807) is 20.8 Å². The van der Waals surface area contributed by atoms with Crippen LogP contribution >= 0.6 is 11.6 Å². The molecule has 1 heterocycles. The summed E-state index contributed by atoms with van der Waals surface area (Å²) in [5.41, 5.74) is 1.10. The Morgan fingerprint density at radius 1 is 1.33 bits per heavy atom. The van der Waals surface area contributed by atoms with Gasteiger partial charge in [-0.05, 0) is 32.9 Å². The number of aliphatic imine (C=N–C) groups is 1. The summed E-state index contributed by atoms with van der Waals surface area (Å²) in [6.07, 6.45) is -5.80. The number of aliphatic carboxylic acids is 1. The Bertz CT molecular complexity index is 801. The summed E-state index contributed by atoms with van der Waals surface area (Å²) >= 11 is 5.85. The highest BCUT2D eigenvalue weighted by Crippen LogP contribution is 2.28. The number of hydrogen-bond donors (Lipinski definition) is 3. The Hall–Kier alpha value is -2.82. The molecule has 0 aliphatic carbocycles. The molecule has 0 atom stereocenters. The minimum atomic E-state index is -5.12. The average molecular weight is 409 g/mol. The highest BCUT2D eigenvalue weighted by Gasteiger charge is 2.40. The fourth-order valence-corrected chi connectivity index (χ4v) is 1.78. The van der Waals surface area contributed by atoms with Gasteiger partial charge in [0.1, 0.15) is 11.2 Å². The van der Waals surface area contributed by atoms with E-state index in [0.717, 1.165) is 12.1 Å². The van der Waals surface area contributed by atoms with E-state index in [4.69, 9.17) is 27.2 Å². The van der Waals surface area contributed by atoms with E-state index in [-0.39, 0.29) is 17.0 Å². The van der Waals surface area contributed by atoms with E-state index >= 15 is 0 Å². The minimum Gasteiger partial charge on any atom is -0.478 e.